The van der Waals surface area contributed by atoms with E-state index in [9.17, 15) is 4.79 Å². The van der Waals surface area contributed by atoms with E-state index < -0.39 is 0 Å². The Morgan fingerprint density at radius 2 is 2.38 bits per heavy atom. The molecular weight excluding hydrogens is 230 g/mol. The summed E-state index contributed by atoms with van der Waals surface area (Å²) in [6, 6.07) is 6.01. The maximum absolute atomic E-state index is 10.8. The molecule has 1 aliphatic heterocycles. The molecule has 0 fully saturated rings. The number of fused-ring (bicyclic) bond motifs is 1. The van der Waals surface area contributed by atoms with Gasteiger partial charge in [0.1, 0.15) is 6.29 Å². The summed E-state index contributed by atoms with van der Waals surface area (Å²) in [6.07, 6.45) is 1.93. The lowest BCUT2D eigenvalue weighted by Gasteiger charge is -2.22. The van der Waals surface area contributed by atoms with Crippen molar-refractivity contribution >= 4 is 27.9 Å². The molecule has 1 N–H and O–H groups in total. The minimum absolute atomic E-state index is 0.0637. The number of hydrogen-bond donors (Lipinski definition) is 1. The summed E-state index contributed by atoms with van der Waals surface area (Å²) in [6.45, 7) is 0.887. The number of hydrogen-bond acceptors (Lipinski definition) is 2. The molecule has 2 rings (SSSR count). The van der Waals surface area contributed by atoms with Crippen LogP contribution in [0.25, 0.3) is 0 Å². The molecule has 1 unspecified atom stereocenters. The fourth-order valence-electron chi connectivity index (χ4n) is 1.66. The Balaban J connectivity index is 2.47. The quantitative estimate of drug-likeness (QED) is 0.764. The first kappa shape index (κ1) is 8.75. The van der Waals surface area contributed by atoms with Gasteiger partial charge in [-0.05, 0) is 30.2 Å². The van der Waals surface area contributed by atoms with Crippen molar-refractivity contribution in [3.63, 3.8) is 0 Å². The van der Waals surface area contributed by atoms with Crippen molar-refractivity contribution in [1.82, 2.24) is 0 Å². The van der Waals surface area contributed by atoms with Crippen LogP contribution in [0.3, 0.4) is 0 Å². The number of anilines is 1. The summed E-state index contributed by atoms with van der Waals surface area (Å²) in [4.78, 5) is 10.8. The second-order valence-corrected chi connectivity index (χ2v) is 4.11. The molecule has 13 heavy (non-hydrogen) atoms. The van der Waals surface area contributed by atoms with Gasteiger partial charge in [0, 0.05) is 22.6 Å². The topological polar surface area (TPSA) is 29.1 Å². The van der Waals surface area contributed by atoms with Crippen LogP contribution in [0.5, 0.6) is 0 Å². The lowest BCUT2D eigenvalue weighted by Crippen LogP contribution is -2.17. The van der Waals surface area contributed by atoms with E-state index in [4.69, 9.17) is 0 Å². The molecule has 0 amide bonds. The van der Waals surface area contributed by atoms with Crippen LogP contribution in [0, 0.1) is 0 Å². The zero-order chi connectivity index (χ0) is 9.26. The van der Waals surface area contributed by atoms with Gasteiger partial charge in [-0.3, -0.25) is 0 Å². The molecule has 0 aromatic heterocycles. The second kappa shape index (κ2) is 3.50. The van der Waals surface area contributed by atoms with Crippen LogP contribution < -0.4 is 5.32 Å². The van der Waals surface area contributed by atoms with E-state index in [2.05, 4.69) is 21.2 Å². The van der Waals surface area contributed by atoms with Crippen molar-refractivity contribution in [2.75, 3.05) is 11.9 Å². The monoisotopic (exact) mass is 239 g/mol. The lowest BCUT2D eigenvalue weighted by molar-refractivity contribution is -0.109. The number of carbonyl (C=O) groups is 1. The SMILES string of the molecule is O=CC1CCNc2ccc(Br)cc21. The fraction of sp³-hybridized carbons (Fsp3) is 0.300. The summed E-state index contributed by atoms with van der Waals surface area (Å²) >= 11 is 3.40. The minimum Gasteiger partial charge on any atom is -0.385 e. The van der Waals surface area contributed by atoms with Crippen LogP contribution in [-0.4, -0.2) is 12.8 Å². The smallest absolute Gasteiger partial charge is 0.127 e. The Hall–Kier alpha value is -0.830. The summed E-state index contributed by atoms with van der Waals surface area (Å²) in [5, 5.41) is 3.27. The molecule has 0 spiro atoms. The molecule has 1 aromatic rings. The number of halogens is 1. The maximum atomic E-state index is 10.8. The van der Waals surface area contributed by atoms with Crippen LogP contribution in [0.2, 0.25) is 0 Å². The third kappa shape index (κ3) is 1.61. The highest BCUT2D eigenvalue weighted by molar-refractivity contribution is 9.10. The third-order valence-corrected chi connectivity index (χ3v) is 2.84. The van der Waals surface area contributed by atoms with Crippen molar-refractivity contribution < 1.29 is 4.79 Å². The van der Waals surface area contributed by atoms with Crippen LogP contribution in [0.15, 0.2) is 22.7 Å². The predicted molar refractivity (Wildman–Crippen MR) is 56.1 cm³/mol. The number of benzene rings is 1. The fourth-order valence-corrected chi connectivity index (χ4v) is 2.04. The van der Waals surface area contributed by atoms with Crippen LogP contribution >= 0.6 is 15.9 Å². The van der Waals surface area contributed by atoms with E-state index >= 15 is 0 Å². The van der Waals surface area contributed by atoms with Crippen molar-refractivity contribution in [3.05, 3.63) is 28.2 Å². The number of nitrogens with one attached hydrogen (secondary N) is 1. The van der Waals surface area contributed by atoms with Crippen LogP contribution in [-0.2, 0) is 4.79 Å². The van der Waals surface area contributed by atoms with Crippen LogP contribution in [0.1, 0.15) is 17.9 Å². The molecule has 1 heterocycles. The molecule has 1 aliphatic rings. The Morgan fingerprint density at radius 1 is 1.54 bits per heavy atom. The Morgan fingerprint density at radius 3 is 3.15 bits per heavy atom. The first-order valence-corrected chi connectivity index (χ1v) is 5.09. The zero-order valence-corrected chi connectivity index (χ0v) is 8.67. The van der Waals surface area contributed by atoms with Crippen molar-refractivity contribution in [2.45, 2.75) is 12.3 Å². The highest BCUT2D eigenvalue weighted by Gasteiger charge is 2.18. The van der Waals surface area contributed by atoms with E-state index in [1.807, 2.05) is 18.2 Å². The Bertz CT molecular complexity index is 338. The molecule has 0 aliphatic carbocycles. The van der Waals surface area contributed by atoms with Crippen LogP contribution in [0.4, 0.5) is 5.69 Å². The summed E-state index contributed by atoms with van der Waals surface area (Å²) in [5.74, 6) is 0.0637. The standard InChI is InChI=1S/C10H10BrNO/c11-8-1-2-10-9(5-8)7(6-13)3-4-12-10/h1-2,5-7,12H,3-4H2. The van der Waals surface area contributed by atoms with Gasteiger partial charge in [0.05, 0.1) is 0 Å². The minimum atomic E-state index is 0.0637. The number of aldehydes is 1. The van der Waals surface area contributed by atoms with Crippen molar-refractivity contribution in [2.24, 2.45) is 0 Å². The van der Waals surface area contributed by atoms with Crippen molar-refractivity contribution in [3.8, 4) is 0 Å². The van der Waals surface area contributed by atoms with E-state index in [-0.39, 0.29) is 5.92 Å². The normalized spacial score (nSPS) is 20.2. The summed E-state index contributed by atoms with van der Waals surface area (Å²) in [7, 11) is 0. The van der Waals surface area contributed by atoms with Crippen molar-refractivity contribution in [1.29, 1.82) is 0 Å². The van der Waals surface area contributed by atoms with E-state index in [0.29, 0.717) is 0 Å². The molecule has 0 bridgehead atoms. The molecular formula is C10H10BrNO. The van der Waals surface area contributed by atoms with E-state index in [0.717, 1.165) is 35.0 Å². The highest BCUT2D eigenvalue weighted by Crippen LogP contribution is 2.32. The average molecular weight is 240 g/mol. The molecule has 2 nitrogen and oxygen atoms in total. The molecule has 0 saturated carbocycles. The second-order valence-electron chi connectivity index (χ2n) is 3.19. The van der Waals surface area contributed by atoms with Gasteiger partial charge < -0.3 is 10.1 Å². The summed E-state index contributed by atoms with van der Waals surface area (Å²) in [5.41, 5.74) is 2.20. The number of carbonyl (C=O) groups excluding carboxylic acids is 1. The van der Waals surface area contributed by atoms with E-state index in [1.165, 1.54) is 0 Å². The zero-order valence-electron chi connectivity index (χ0n) is 7.09. The molecule has 3 heteroatoms. The predicted octanol–water partition coefficient (Wildman–Crippen LogP) is 2.55. The summed E-state index contributed by atoms with van der Waals surface area (Å²) < 4.78 is 1.03. The first-order chi connectivity index (χ1) is 6.31. The van der Waals surface area contributed by atoms with E-state index in [1.54, 1.807) is 0 Å². The molecule has 68 valence electrons. The van der Waals surface area contributed by atoms with Gasteiger partial charge in [-0.1, -0.05) is 15.9 Å². The van der Waals surface area contributed by atoms with Gasteiger partial charge in [0.25, 0.3) is 0 Å². The Kier molecular flexibility index (Phi) is 2.36. The van der Waals surface area contributed by atoms with Gasteiger partial charge in [0.2, 0.25) is 0 Å². The lowest BCUT2D eigenvalue weighted by atomic mass is 9.92. The third-order valence-electron chi connectivity index (χ3n) is 2.35. The van der Waals surface area contributed by atoms with Gasteiger partial charge in [-0.2, -0.15) is 0 Å². The van der Waals surface area contributed by atoms with Gasteiger partial charge in [0.15, 0.2) is 0 Å². The molecule has 0 saturated heterocycles. The molecule has 1 atom stereocenters. The Labute approximate surface area is 85.5 Å². The molecule has 1 aromatic carbocycles. The maximum Gasteiger partial charge on any atom is 0.127 e. The molecule has 0 radical (unpaired) electrons. The average Bonchev–Trinajstić information content (AvgIpc) is 2.17. The first-order valence-electron chi connectivity index (χ1n) is 4.30. The van der Waals surface area contributed by atoms with Gasteiger partial charge in [-0.25, -0.2) is 0 Å². The number of rotatable bonds is 1. The van der Waals surface area contributed by atoms with Gasteiger partial charge in [-0.15, -0.1) is 0 Å². The highest BCUT2D eigenvalue weighted by atomic mass is 79.9. The van der Waals surface area contributed by atoms with Gasteiger partial charge >= 0.3 is 0 Å². The largest absolute Gasteiger partial charge is 0.385 e.